The van der Waals surface area contributed by atoms with E-state index in [1.807, 2.05) is 0 Å². The Balaban J connectivity index is 5.87. The molecule has 0 aromatic carbocycles. The minimum atomic E-state index is -6.87. The van der Waals surface area contributed by atoms with Crippen LogP contribution >= 0.6 is 0 Å². The fourth-order valence-corrected chi connectivity index (χ4v) is 0.616. The first kappa shape index (κ1) is 15.3. The molecule has 99 valence electrons. The maximum atomic E-state index is 12.7. The number of nitrogens with zero attached hydrogens (tertiary/aromatic N) is 2. The fourth-order valence-electron chi connectivity index (χ4n) is 0.616. The summed E-state index contributed by atoms with van der Waals surface area (Å²) in [6.07, 6.45) is -4.34. The van der Waals surface area contributed by atoms with E-state index in [2.05, 4.69) is 0 Å². The van der Waals surface area contributed by atoms with Crippen molar-refractivity contribution >= 4 is 0 Å². The lowest BCUT2D eigenvalue weighted by Gasteiger charge is -2.24. The van der Waals surface area contributed by atoms with E-state index in [-0.39, 0.29) is 0 Å². The van der Waals surface area contributed by atoms with Gasteiger partial charge in [0.2, 0.25) is 0 Å². The molecule has 0 spiro atoms. The fraction of sp³-hybridized carbons (Fsp3) is 0.750. The summed E-state index contributed by atoms with van der Waals surface area (Å²) in [6.45, 7) is 0. The lowest BCUT2D eigenvalue weighted by atomic mass is 10.1. The van der Waals surface area contributed by atoms with Crippen molar-refractivity contribution < 1.29 is 40.6 Å². The molecular formula is C4F7N2O4. The molecule has 0 fully saturated rings. The van der Waals surface area contributed by atoms with Gasteiger partial charge in [0.05, 0.1) is 4.92 Å². The van der Waals surface area contributed by atoms with Gasteiger partial charge >= 0.3 is 24.2 Å². The molecule has 0 saturated carbocycles. The number of halogens is 7. The zero-order chi connectivity index (χ0) is 14.2. The molecule has 0 bridgehead atoms. The topological polar surface area (TPSA) is 86.3 Å². The maximum absolute atomic E-state index is 12.7. The number of hydrogen-bond acceptors (Lipinski definition) is 4. The second kappa shape index (κ2) is 3.96. The molecule has 0 saturated heterocycles. The summed E-state index contributed by atoms with van der Waals surface area (Å²) in [5.41, 5.74) is 0. The predicted octanol–water partition coefficient (Wildman–Crippen LogP) is 1.86. The van der Waals surface area contributed by atoms with E-state index in [9.17, 15) is 51.0 Å². The van der Waals surface area contributed by atoms with Gasteiger partial charge < -0.3 is 0 Å². The highest BCUT2D eigenvalue weighted by Gasteiger charge is 2.90. The normalized spacial score (nSPS) is 16.7. The van der Waals surface area contributed by atoms with Crippen molar-refractivity contribution in [3.8, 4) is 0 Å². The van der Waals surface area contributed by atoms with Gasteiger partial charge in [-0.25, -0.2) is 0 Å². The van der Waals surface area contributed by atoms with Crippen LogP contribution in [-0.2, 0) is 0 Å². The minimum Gasteiger partial charge on any atom is -0.261 e. The van der Waals surface area contributed by atoms with Gasteiger partial charge in [0.25, 0.3) is 0 Å². The standard InChI is InChI=1S/C4F7N2O4/c5-1(6)2(7,12(14)15)3(8,9)4(10,11)13(16)17. The van der Waals surface area contributed by atoms with Gasteiger partial charge in [0.15, 0.2) is 0 Å². The van der Waals surface area contributed by atoms with Gasteiger partial charge in [0, 0.05) is 0 Å². The summed E-state index contributed by atoms with van der Waals surface area (Å²) in [5, 5.41) is 19.2. The van der Waals surface area contributed by atoms with E-state index < -0.39 is 34.0 Å². The van der Waals surface area contributed by atoms with E-state index in [1.54, 1.807) is 0 Å². The number of rotatable bonds is 5. The smallest absolute Gasteiger partial charge is 0.261 e. The molecule has 6 nitrogen and oxygen atoms in total. The summed E-state index contributed by atoms with van der Waals surface area (Å²) < 4.78 is 85.4. The van der Waals surface area contributed by atoms with Gasteiger partial charge in [-0.3, -0.25) is 20.2 Å². The van der Waals surface area contributed by atoms with Gasteiger partial charge in [-0.1, -0.05) is 0 Å². The highest BCUT2D eigenvalue weighted by Crippen LogP contribution is 2.50. The van der Waals surface area contributed by atoms with E-state index in [4.69, 9.17) is 0 Å². The molecule has 0 aromatic rings. The van der Waals surface area contributed by atoms with Crippen LogP contribution in [-0.4, -0.2) is 27.6 Å². The molecule has 1 unspecified atom stereocenters. The first-order valence-electron chi connectivity index (χ1n) is 3.25. The van der Waals surface area contributed by atoms with Crippen molar-refractivity contribution in [2.24, 2.45) is 0 Å². The molecule has 0 aromatic heterocycles. The summed E-state index contributed by atoms with van der Waals surface area (Å²) in [4.78, 5) is 13.0. The van der Waals surface area contributed by atoms with Crippen LogP contribution in [0.3, 0.4) is 0 Å². The highest BCUT2D eigenvalue weighted by atomic mass is 19.3. The van der Waals surface area contributed by atoms with Gasteiger partial charge in [-0.2, -0.15) is 22.0 Å². The van der Waals surface area contributed by atoms with Crippen LogP contribution in [0.2, 0.25) is 0 Å². The lowest BCUT2D eigenvalue weighted by Crippen LogP contribution is -2.64. The molecular weight excluding hydrogens is 273 g/mol. The van der Waals surface area contributed by atoms with Crippen molar-refractivity contribution in [2.45, 2.75) is 17.8 Å². The van der Waals surface area contributed by atoms with Crippen LogP contribution in [0.5, 0.6) is 0 Å². The zero-order valence-electron chi connectivity index (χ0n) is 7.17. The molecule has 0 aliphatic heterocycles. The van der Waals surface area contributed by atoms with Crippen LogP contribution in [0, 0.1) is 26.7 Å². The van der Waals surface area contributed by atoms with Crippen LogP contribution in [0.15, 0.2) is 0 Å². The molecule has 0 aliphatic carbocycles. The number of nitro groups is 2. The van der Waals surface area contributed by atoms with Crippen LogP contribution in [0.25, 0.3) is 0 Å². The molecule has 1 radical (unpaired) electrons. The minimum absolute atomic E-state index is 3.07. The summed E-state index contributed by atoms with van der Waals surface area (Å²) in [6, 6.07) is -6.59. The molecule has 13 heteroatoms. The lowest BCUT2D eigenvalue weighted by molar-refractivity contribution is -0.726. The molecule has 1 atom stereocenters. The first-order chi connectivity index (χ1) is 7.33. The summed E-state index contributed by atoms with van der Waals surface area (Å²) >= 11 is 0. The third-order valence-corrected chi connectivity index (χ3v) is 1.53. The molecule has 0 heterocycles. The van der Waals surface area contributed by atoms with Crippen molar-refractivity contribution in [1.82, 2.24) is 0 Å². The summed E-state index contributed by atoms with van der Waals surface area (Å²) in [5.74, 6) is -13.2. The van der Waals surface area contributed by atoms with Crippen LogP contribution in [0.1, 0.15) is 0 Å². The zero-order valence-corrected chi connectivity index (χ0v) is 7.17. The third kappa shape index (κ3) is 1.84. The second-order valence-electron chi connectivity index (χ2n) is 2.51. The Kier molecular flexibility index (Phi) is 3.56. The van der Waals surface area contributed by atoms with Crippen molar-refractivity contribution in [3.05, 3.63) is 26.7 Å². The molecule has 0 N–H and O–H groups in total. The average Bonchev–Trinajstić information content (AvgIpc) is 2.14. The van der Waals surface area contributed by atoms with Crippen LogP contribution in [0.4, 0.5) is 30.7 Å². The molecule has 0 aliphatic rings. The first-order valence-corrected chi connectivity index (χ1v) is 3.25. The van der Waals surface area contributed by atoms with Crippen molar-refractivity contribution in [2.75, 3.05) is 0 Å². The second-order valence-corrected chi connectivity index (χ2v) is 2.51. The third-order valence-electron chi connectivity index (χ3n) is 1.53. The Morgan fingerprint density at radius 2 is 1.24 bits per heavy atom. The molecule has 17 heavy (non-hydrogen) atoms. The SMILES string of the molecule is O=[N+]([O-])C(F)(F)C(F)(F)C(F)([C](F)F)[N+](=O)[O-]. The largest absolute Gasteiger partial charge is 0.587 e. The number of alkyl halides is 5. The monoisotopic (exact) mass is 273 g/mol. The van der Waals surface area contributed by atoms with Crippen LogP contribution < -0.4 is 0 Å². The Morgan fingerprint density at radius 3 is 1.41 bits per heavy atom. The Hall–Kier alpha value is -1.69. The van der Waals surface area contributed by atoms with Crippen molar-refractivity contribution in [3.63, 3.8) is 0 Å². The van der Waals surface area contributed by atoms with Gasteiger partial charge in [-0.05, 0) is 0 Å². The Bertz CT molecular complexity index is 347. The average molecular weight is 273 g/mol. The number of hydrogen-bond donors (Lipinski definition) is 0. The van der Waals surface area contributed by atoms with Gasteiger partial charge in [-0.15, -0.1) is 8.78 Å². The van der Waals surface area contributed by atoms with E-state index in [0.29, 0.717) is 0 Å². The highest BCUT2D eigenvalue weighted by molar-refractivity contribution is 5.00. The van der Waals surface area contributed by atoms with E-state index in [0.717, 1.165) is 0 Å². The van der Waals surface area contributed by atoms with Gasteiger partial charge in [0.1, 0.15) is 4.92 Å². The van der Waals surface area contributed by atoms with Crippen molar-refractivity contribution in [1.29, 1.82) is 0 Å². The maximum Gasteiger partial charge on any atom is 0.587 e. The van der Waals surface area contributed by atoms with E-state index >= 15 is 0 Å². The Morgan fingerprint density at radius 1 is 0.882 bits per heavy atom. The van der Waals surface area contributed by atoms with E-state index in [1.165, 1.54) is 0 Å². The predicted molar refractivity (Wildman–Crippen MR) is 33.2 cm³/mol. The molecule has 0 rings (SSSR count). The quantitative estimate of drug-likeness (QED) is 0.331. The molecule has 0 amide bonds. The Labute approximate surface area is 86.3 Å². The summed E-state index contributed by atoms with van der Waals surface area (Å²) in [7, 11) is 0.